The summed E-state index contributed by atoms with van der Waals surface area (Å²) < 4.78 is 25.1. The Morgan fingerprint density at radius 2 is 2.19 bits per heavy atom. The van der Waals surface area contributed by atoms with Gasteiger partial charge in [-0.1, -0.05) is 0 Å². The summed E-state index contributed by atoms with van der Waals surface area (Å²) in [5.74, 6) is -1.01. The molecule has 0 aliphatic carbocycles. The van der Waals surface area contributed by atoms with Crippen LogP contribution in [-0.2, 0) is 14.8 Å². The molecule has 0 amide bonds. The van der Waals surface area contributed by atoms with E-state index in [1.54, 1.807) is 11.4 Å². The predicted molar refractivity (Wildman–Crippen MR) is 61.1 cm³/mol. The fourth-order valence-corrected chi connectivity index (χ4v) is 3.68. The van der Waals surface area contributed by atoms with E-state index >= 15 is 0 Å². The van der Waals surface area contributed by atoms with E-state index in [-0.39, 0.29) is 17.2 Å². The Morgan fingerprint density at radius 1 is 1.56 bits per heavy atom. The van der Waals surface area contributed by atoms with Gasteiger partial charge < -0.3 is 5.11 Å². The Balaban J connectivity index is 2.82. The first-order valence-electron chi connectivity index (χ1n) is 4.57. The molecule has 7 heteroatoms. The van der Waals surface area contributed by atoms with Crippen LogP contribution in [0.15, 0.2) is 15.7 Å². The second-order valence-corrected chi connectivity index (χ2v) is 6.60. The van der Waals surface area contributed by atoms with Gasteiger partial charge in [0.05, 0.1) is 6.42 Å². The lowest BCUT2D eigenvalue weighted by molar-refractivity contribution is -0.137. The SMILES string of the molecule is Cc1csc(S(=O)(=O)N(C)CCC(=O)O)c1. The highest BCUT2D eigenvalue weighted by Gasteiger charge is 2.22. The molecular weight excluding hydrogens is 250 g/mol. The first-order chi connectivity index (χ1) is 7.34. The fraction of sp³-hybridized carbons (Fsp3) is 0.444. The van der Waals surface area contributed by atoms with Crippen LogP contribution in [0, 0.1) is 6.92 Å². The van der Waals surface area contributed by atoms with Crippen molar-refractivity contribution < 1.29 is 18.3 Å². The molecular formula is C9H13NO4S2. The van der Waals surface area contributed by atoms with Gasteiger partial charge in [-0.05, 0) is 23.9 Å². The second kappa shape index (κ2) is 4.94. The molecule has 1 heterocycles. The van der Waals surface area contributed by atoms with Gasteiger partial charge in [0, 0.05) is 13.6 Å². The zero-order valence-electron chi connectivity index (χ0n) is 9.00. The molecule has 0 spiro atoms. The topological polar surface area (TPSA) is 74.7 Å². The quantitative estimate of drug-likeness (QED) is 0.864. The average Bonchev–Trinajstić information content (AvgIpc) is 2.61. The van der Waals surface area contributed by atoms with Gasteiger partial charge >= 0.3 is 5.97 Å². The number of carboxylic acids is 1. The molecule has 90 valence electrons. The van der Waals surface area contributed by atoms with Crippen LogP contribution in [0.2, 0.25) is 0 Å². The minimum Gasteiger partial charge on any atom is -0.481 e. The van der Waals surface area contributed by atoms with Crippen molar-refractivity contribution in [1.82, 2.24) is 4.31 Å². The van der Waals surface area contributed by atoms with Crippen molar-refractivity contribution in [3.8, 4) is 0 Å². The van der Waals surface area contributed by atoms with E-state index in [0.29, 0.717) is 0 Å². The number of nitrogens with zero attached hydrogens (tertiary/aromatic N) is 1. The van der Waals surface area contributed by atoms with Crippen molar-refractivity contribution in [2.45, 2.75) is 17.6 Å². The summed E-state index contributed by atoms with van der Waals surface area (Å²) in [5, 5.41) is 10.2. The summed E-state index contributed by atoms with van der Waals surface area (Å²) in [7, 11) is -2.14. The van der Waals surface area contributed by atoms with Crippen LogP contribution >= 0.6 is 11.3 Å². The Bertz CT molecular complexity index is 477. The van der Waals surface area contributed by atoms with Crippen LogP contribution in [0.5, 0.6) is 0 Å². The molecule has 1 aromatic rings. The highest BCUT2D eigenvalue weighted by molar-refractivity contribution is 7.91. The van der Waals surface area contributed by atoms with Crippen molar-refractivity contribution in [3.05, 3.63) is 17.0 Å². The van der Waals surface area contributed by atoms with Crippen molar-refractivity contribution >= 4 is 27.3 Å². The maximum absolute atomic E-state index is 11.9. The average molecular weight is 263 g/mol. The van der Waals surface area contributed by atoms with E-state index in [0.717, 1.165) is 21.2 Å². The summed E-state index contributed by atoms with van der Waals surface area (Å²) in [6.07, 6.45) is -0.194. The minimum absolute atomic E-state index is 0.0192. The molecule has 1 N–H and O–H groups in total. The van der Waals surface area contributed by atoms with E-state index in [1.807, 2.05) is 6.92 Å². The molecule has 5 nitrogen and oxygen atoms in total. The molecule has 0 aromatic carbocycles. The lowest BCUT2D eigenvalue weighted by Crippen LogP contribution is -2.28. The minimum atomic E-state index is -3.53. The number of thiophene rings is 1. The number of sulfonamides is 1. The Kier molecular flexibility index (Phi) is 4.06. The summed E-state index contributed by atoms with van der Waals surface area (Å²) in [5.41, 5.74) is 0.884. The molecule has 16 heavy (non-hydrogen) atoms. The van der Waals surface area contributed by atoms with Crippen molar-refractivity contribution in [2.75, 3.05) is 13.6 Å². The molecule has 1 aromatic heterocycles. The zero-order chi connectivity index (χ0) is 12.3. The number of aryl methyl sites for hydroxylation is 1. The van der Waals surface area contributed by atoms with Crippen LogP contribution in [0.25, 0.3) is 0 Å². The maximum Gasteiger partial charge on any atom is 0.304 e. The maximum atomic E-state index is 11.9. The van der Waals surface area contributed by atoms with E-state index in [9.17, 15) is 13.2 Å². The number of hydrogen-bond acceptors (Lipinski definition) is 4. The fourth-order valence-electron chi connectivity index (χ4n) is 1.07. The predicted octanol–water partition coefficient (Wildman–Crippen LogP) is 1.15. The standard InChI is InChI=1S/C9H13NO4S2/c1-7-5-9(15-6-7)16(13,14)10(2)4-3-8(11)12/h5-6H,3-4H2,1-2H3,(H,11,12). The van der Waals surface area contributed by atoms with Gasteiger partial charge in [0.1, 0.15) is 4.21 Å². The molecule has 0 bridgehead atoms. The summed E-state index contributed by atoms with van der Waals surface area (Å²) >= 11 is 1.14. The van der Waals surface area contributed by atoms with E-state index in [1.165, 1.54) is 7.05 Å². The molecule has 0 aliphatic heterocycles. The molecule has 1 rings (SSSR count). The lowest BCUT2D eigenvalue weighted by atomic mass is 10.4. The van der Waals surface area contributed by atoms with Gasteiger partial charge in [-0.15, -0.1) is 11.3 Å². The summed E-state index contributed by atoms with van der Waals surface area (Å²) in [6, 6.07) is 1.58. The highest BCUT2D eigenvalue weighted by atomic mass is 32.2. The van der Waals surface area contributed by atoms with Gasteiger partial charge in [-0.25, -0.2) is 8.42 Å². The van der Waals surface area contributed by atoms with Gasteiger partial charge in [-0.3, -0.25) is 4.79 Å². The van der Waals surface area contributed by atoms with Crippen molar-refractivity contribution in [1.29, 1.82) is 0 Å². The van der Waals surface area contributed by atoms with Crippen LogP contribution in [0.1, 0.15) is 12.0 Å². The molecule has 0 saturated heterocycles. The number of rotatable bonds is 5. The molecule has 0 atom stereocenters. The van der Waals surface area contributed by atoms with Gasteiger partial charge in [0.2, 0.25) is 0 Å². The first kappa shape index (κ1) is 13.1. The summed E-state index contributed by atoms with van der Waals surface area (Å²) in [6.45, 7) is 1.79. The molecule has 0 radical (unpaired) electrons. The Hall–Kier alpha value is -0.920. The van der Waals surface area contributed by atoms with E-state index < -0.39 is 16.0 Å². The largest absolute Gasteiger partial charge is 0.481 e. The molecule has 0 saturated carbocycles. The first-order valence-corrected chi connectivity index (χ1v) is 6.89. The van der Waals surface area contributed by atoms with Gasteiger partial charge in [0.15, 0.2) is 0 Å². The second-order valence-electron chi connectivity index (χ2n) is 3.41. The third kappa shape index (κ3) is 3.03. The van der Waals surface area contributed by atoms with Crippen LogP contribution < -0.4 is 0 Å². The van der Waals surface area contributed by atoms with Crippen LogP contribution in [0.4, 0.5) is 0 Å². The third-order valence-electron chi connectivity index (χ3n) is 2.01. The van der Waals surface area contributed by atoms with E-state index in [4.69, 9.17) is 5.11 Å². The third-order valence-corrected chi connectivity index (χ3v) is 5.40. The normalized spacial score (nSPS) is 11.9. The molecule has 0 unspecified atom stereocenters. The van der Waals surface area contributed by atoms with Crippen molar-refractivity contribution in [2.24, 2.45) is 0 Å². The lowest BCUT2D eigenvalue weighted by Gasteiger charge is -2.14. The highest BCUT2D eigenvalue weighted by Crippen LogP contribution is 2.22. The summed E-state index contributed by atoms with van der Waals surface area (Å²) in [4.78, 5) is 10.4. The number of hydrogen-bond donors (Lipinski definition) is 1. The monoisotopic (exact) mass is 263 g/mol. The number of aliphatic carboxylic acids is 1. The van der Waals surface area contributed by atoms with E-state index in [2.05, 4.69) is 0 Å². The van der Waals surface area contributed by atoms with Crippen LogP contribution in [0.3, 0.4) is 0 Å². The van der Waals surface area contributed by atoms with Gasteiger partial charge in [-0.2, -0.15) is 4.31 Å². The molecule has 0 fully saturated rings. The van der Waals surface area contributed by atoms with Crippen molar-refractivity contribution in [3.63, 3.8) is 0 Å². The molecule has 0 aliphatic rings. The Morgan fingerprint density at radius 3 is 2.62 bits per heavy atom. The Labute approximate surface area is 98.4 Å². The number of carboxylic acid groups (broad SMARTS) is 1. The number of carbonyl (C=O) groups is 1. The van der Waals surface area contributed by atoms with Crippen LogP contribution in [-0.4, -0.2) is 37.4 Å². The van der Waals surface area contributed by atoms with Gasteiger partial charge in [0.25, 0.3) is 10.0 Å². The zero-order valence-corrected chi connectivity index (χ0v) is 10.6. The smallest absolute Gasteiger partial charge is 0.304 e.